The Balaban J connectivity index is 3.47. The number of hydrogen-bond acceptors (Lipinski definition) is 5. The summed E-state index contributed by atoms with van der Waals surface area (Å²) in [5.41, 5.74) is 0. The van der Waals surface area contributed by atoms with Crippen LogP contribution in [0.3, 0.4) is 0 Å². The van der Waals surface area contributed by atoms with Gasteiger partial charge < -0.3 is 14.6 Å². The zero-order valence-electron chi connectivity index (χ0n) is 51.4. The molecule has 0 aromatic heterocycles. The lowest BCUT2D eigenvalue weighted by Crippen LogP contribution is -2.28. The summed E-state index contributed by atoms with van der Waals surface area (Å²) in [7, 11) is 0. The van der Waals surface area contributed by atoms with Gasteiger partial charge in [0, 0.05) is 12.8 Å². The summed E-state index contributed by atoms with van der Waals surface area (Å²) >= 11 is 0. The molecule has 5 nitrogen and oxygen atoms in total. The molecule has 0 radical (unpaired) electrons. The van der Waals surface area contributed by atoms with Crippen molar-refractivity contribution in [1.29, 1.82) is 0 Å². The average Bonchev–Trinajstić information content (AvgIpc) is 3.44. The highest BCUT2D eigenvalue weighted by Gasteiger charge is 2.16. The molecule has 0 aliphatic rings. The van der Waals surface area contributed by atoms with E-state index in [1.807, 2.05) is 0 Å². The van der Waals surface area contributed by atoms with Gasteiger partial charge in [-0.3, -0.25) is 9.59 Å². The maximum atomic E-state index is 12.4. The molecule has 0 aromatic rings. The van der Waals surface area contributed by atoms with Crippen LogP contribution in [0.1, 0.15) is 322 Å². The van der Waals surface area contributed by atoms with E-state index in [-0.39, 0.29) is 25.2 Å². The topological polar surface area (TPSA) is 72.8 Å². The molecule has 0 bridgehead atoms. The van der Waals surface area contributed by atoms with E-state index in [4.69, 9.17) is 9.47 Å². The number of aliphatic hydroxyl groups is 1. The molecule has 0 heterocycles. The smallest absolute Gasteiger partial charge is 0.306 e. The minimum atomic E-state index is -0.778. The van der Waals surface area contributed by atoms with E-state index in [9.17, 15) is 14.7 Å². The van der Waals surface area contributed by atoms with E-state index in [0.29, 0.717) is 12.8 Å². The zero-order valence-corrected chi connectivity index (χ0v) is 51.4. The number of esters is 2. The van der Waals surface area contributed by atoms with Crippen LogP contribution in [0.2, 0.25) is 0 Å². The highest BCUT2D eigenvalue weighted by atomic mass is 16.6. The van der Waals surface area contributed by atoms with Gasteiger partial charge in [-0.15, -0.1) is 0 Å². The largest absolute Gasteiger partial charge is 0.462 e. The Bertz CT molecular complexity index is 1510. The fourth-order valence-electron chi connectivity index (χ4n) is 9.57. The van der Waals surface area contributed by atoms with Crippen LogP contribution in [0.15, 0.2) is 109 Å². The van der Waals surface area contributed by atoms with Crippen LogP contribution in [-0.4, -0.2) is 36.4 Å². The van der Waals surface area contributed by atoms with Crippen LogP contribution >= 0.6 is 0 Å². The first-order valence-corrected chi connectivity index (χ1v) is 33.4. The molecule has 0 aliphatic heterocycles. The lowest BCUT2D eigenvalue weighted by atomic mass is 10.0. The quantitative estimate of drug-likeness (QED) is 0.0373. The number of hydrogen-bond donors (Lipinski definition) is 1. The molecule has 0 amide bonds. The Hall–Kier alpha value is -3.44. The van der Waals surface area contributed by atoms with Gasteiger partial charge in [0.25, 0.3) is 0 Å². The van der Waals surface area contributed by atoms with Crippen molar-refractivity contribution in [2.45, 2.75) is 328 Å². The van der Waals surface area contributed by atoms with Crippen molar-refractivity contribution in [1.82, 2.24) is 0 Å². The maximum Gasteiger partial charge on any atom is 0.306 e. The number of rotatable bonds is 61. The molecule has 1 unspecified atom stereocenters. The van der Waals surface area contributed by atoms with Crippen molar-refractivity contribution in [3.8, 4) is 0 Å². The van der Waals surface area contributed by atoms with Crippen molar-refractivity contribution < 1.29 is 24.2 Å². The van der Waals surface area contributed by atoms with Gasteiger partial charge in [0.15, 0.2) is 6.10 Å². The van der Waals surface area contributed by atoms with Crippen LogP contribution in [0.25, 0.3) is 0 Å². The molecule has 0 rings (SSSR count). The number of allylic oxidation sites excluding steroid dienone is 18. The molecule has 78 heavy (non-hydrogen) atoms. The standard InChI is InChI=1S/C73H126O5/c1-3-5-7-9-11-13-15-17-19-21-23-25-27-29-31-33-34-35-36-37-38-40-42-44-46-48-50-52-54-56-58-60-62-64-66-68-73(76)78-71(69-74)70-77-72(75)67-65-63-61-59-57-55-53-51-49-47-45-43-41-39-32-30-28-26-24-22-20-18-16-14-12-10-8-6-4-2/h5,7,11,13,16-19,22-25,28-31,34-35,71,74H,3-4,6,8-10,12,14-15,20-21,26-27,32-33,36-70H2,1-2H3/b7-5-,13-11-,18-16-,19-17-,24-22-,25-23-,30-28-,31-29-,35-34-. The Morgan fingerprint density at radius 2 is 0.551 bits per heavy atom. The zero-order chi connectivity index (χ0) is 56.2. The van der Waals surface area contributed by atoms with Gasteiger partial charge in [0.05, 0.1) is 6.61 Å². The minimum absolute atomic E-state index is 0.0676. The van der Waals surface area contributed by atoms with Crippen molar-refractivity contribution in [3.05, 3.63) is 109 Å². The molecular weight excluding hydrogens is 957 g/mol. The molecule has 0 aromatic carbocycles. The fourth-order valence-corrected chi connectivity index (χ4v) is 9.57. The number of carbonyl (C=O) groups excluding carboxylic acids is 2. The van der Waals surface area contributed by atoms with Crippen LogP contribution in [0.5, 0.6) is 0 Å². The molecular formula is C73H126O5. The van der Waals surface area contributed by atoms with Gasteiger partial charge in [-0.05, 0) is 103 Å². The average molecular weight is 1080 g/mol. The number of ether oxygens (including phenoxy) is 2. The fraction of sp³-hybridized carbons (Fsp3) is 0.726. The normalized spacial score (nSPS) is 12.9. The summed E-state index contributed by atoms with van der Waals surface area (Å²) in [4.78, 5) is 24.6. The monoisotopic (exact) mass is 1080 g/mol. The summed E-state index contributed by atoms with van der Waals surface area (Å²) in [5, 5.41) is 9.70. The van der Waals surface area contributed by atoms with E-state index in [0.717, 1.165) is 89.9 Å². The van der Waals surface area contributed by atoms with Crippen LogP contribution in [0, 0.1) is 0 Å². The first kappa shape index (κ1) is 74.6. The van der Waals surface area contributed by atoms with Gasteiger partial charge in [-0.1, -0.05) is 316 Å². The van der Waals surface area contributed by atoms with E-state index in [1.54, 1.807) is 0 Å². The molecule has 1 atom stereocenters. The second-order valence-corrected chi connectivity index (χ2v) is 22.2. The van der Waals surface area contributed by atoms with Gasteiger partial charge in [0.2, 0.25) is 0 Å². The van der Waals surface area contributed by atoms with Crippen LogP contribution < -0.4 is 0 Å². The summed E-state index contributed by atoms with van der Waals surface area (Å²) in [6.45, 7) is 4.04. The molecule has 0 aliphatic carbocycles. The molecule has 0 spiro atoms. The minimum Gasteiger partial charge on any atom is -0.462 e. The summed E-state index contributed by atoms with van der Waals surface area (Å²) in [6.07, 6.45) is 98.1. The highest BCUT2D eigenvalue weighted by molar-refractivity contribution is 5.70. The van der Waals surface area contributed by atoms with Gasteiger partial charge in [-0.25, -0.2) is 0 Å². The highest BCUT2D eigenvalue weighted by Crippen LogP contribution is 2.17. The Kier molecular flexibility index (Phi) is 64.8. The number of unbranched alkanes of at least 4 members (excludes halogenated alkanes) is 35. The molecule has 0 saturated carbocycles. The van der Waals surface area contributed by atoms with E-state index in [2.05, 4.69) is 123 Å². The Morgan fingerprint density at radius 1 is 0.308 bits per heavy atom. The van der Waals surface area contributed by atoms with Gasteiger partial charge in [0.1, 0.15) is 6.61 Å². The Morgan fingerprint density at radius 3 is 0.833 bits per heavy atom. The third-order valence-electron chi connectivity index (χ3n) is 14.6. The predicted molar refractivity (Wildman–Crippen MR) is 343 cm³/mol. The van der Waals surface area contributed by atoms with Crippen molar-refractivity contribution in [2.24, 2.45) is 0 Å². The molecule has 0 fully saturated rings. The van der Waals surface area contributed by atoms with Gasteiger partial charge in [-0.2, -0.15) is 0 Å². The van der Waals surface area contributed by atoms with Gasteiger partial charge >= 0.3 is 11.9 Å². The molecule has 0 saturated heterocycles. The van der Waals surface area contributed by atoms with E-state index in [1.165, 1.54) is 205 Å². The lowest BCUT2D eigenvalue weighted by molar-refractivity contribution is -0.161. The lowest BCUT2D eigenvalue weighted by Gasteiger charge is -2.15. The first-order chi connectivity index (χ1) is 38.6. The Labute approximate surface area is 484 Å². The van der Waals surface area contributed by atoms with E-state index >= 15 is 0 Å². The van der Waals surface area contributed by atoms with Crippen molar-refractivity contribution in [3.63, 3.8) is 0 Å². The number of carbonyl (C=O) groups is 2. The summed E-state index contributed by atoms with van der Waals surface area (Å²) in [5.74, 6) is -0.583. The number of aliphatic hydroxyl groups excluding tert-OH is 1. The van der Waals surface area contributed by atoms with E-state index < -0.39 is 6.10 Å². The predicted octanol–water partition coefficient (Wildman–Crippen LogP) is 23.2. The molecule has 1 N–H and O–H groups in total. The third kappa shape index (κ3) is 65.1. The van der Waals surface area contributed by atoms with Crippen molar-refractivity contribution in [2.75, 3.05) is 13.2 Å². The maximum absolute atomic E-state index is 12.4. The molecule has 5 heteroatoms. The molecule has 448 valence electrons. The van der Waals surface area contributed by atoms with Crippen LogP contribution in [-0.2, 0) is 19.1 Å². The second-order valence-electron chi connectivity index (χ2n) is 22.2. The summed E-state index contributed by atoms with van der Waals surface area (Å²) in [6, 6.07) is 0. The van der Waals surface area contributed by atoms with Crippen LogP contribution in [0.4, 0.5) is 0 Å². The summed E-state index contributed by atoms with van der Waals surface area (Å²) < 4.78 is 10.8. The first-order valence-electron chi connectivity index (χ1n) is 33.4. The van der Waals surface area contributed by atoms with Crippen molar-refractivity contribution >= 4 is 11.9 Å². The third-order valence-corrected chi connectivity index (χ3v) is 14.6. The SMILES string of the molecule is CC/C=C\C/C=C\C/C=C\C/C=C\C/C=C\C/C=C\CCCCCCCCCCCCCCCCCCC(=O)OC(CO)COC(=O)CCCCCCCCCCCCCCCC/C=C\C/C=C\C/C=C\CCCCCCC. The second kappa shape index (κ2) is 67.8.